The Hall–Kier alpha value is -0.580. The molecule has 2 N–H and O–H groups in total. The molecule has 0 fully saturated rings. The van der Waals surface area contributed by atoms with Crippen molar-refractivity contribution in [3.05, 3.63) is 68.1 Å². The van der Waals surface area contributed by atoms with E-state index in [1.807, 2.05) is 42.5 Å². The van der Waals surface area contributed by atoms with Crippen LogP contribution in [0.5, 0.6) is 0 Å². The summed E-state index contributed by atoms with van der Waals surface area (Å²) in [7, 11) is 2.06. The molecule has 1 atom stereocenters. The fourth-order valence-corrected chi connectivity index (χ4v) is 2.92. The van der Waals surface area contributed by atoms with Gasteiger partial charge in [-0.3, -0.25) is 4.90 Å². The normalized spacial score (nSPS) is 12.7. The van der Waals surface area contributed by atoms with Crippen LogP contribution in [-0.2, 0) is 6.54 Å². The molecule has 0 heterocycles. The van der Waals surface area contributed by atoms with Crippen molar-refractivity contribution in [2.24, 2.45) is 5.73 Å². The van der Waals surface area contributed by atoms with Gasteiger partial charge in [0, 0.05) is 28.6 Å². The van der Waals surface area contributed by atoms with Crippen molar-refractivity contribution in [2.45, 2.75) is 12.6 Å². The van der Waals surface area contributed by atoms with Gasteiger partial charge in [0.25, 0.3) is 0 Å². The second-order valence-corrected chi connectivity index (χ2v) is 6.66. The summed E-state index contributed by atoms with van der Waals surface area (Å²) in [5.74, 6) is 0. The molecule has 2 aromatic rings. The van der Waals surface area contributed by atoms with Crippen molar-refractivity contribution < 1.29 is 0 Å². The third-order valence-corrected chi connectivity index (χ3v) is 4.89. The van der Waals surface area contributed by atoms with Gasteiger partial charge in [-0.05, 0) is 58.4 Å². The van der Waals surface area contributed by atoms with Crippen molar-refractivity contribution in [3.63, 3.8) is 0 Å². The molecule has 2 rings (SSSR count). The summed E-state index contributed by atoms with van der Waals surface area (Å²) in [4.78, 5) is 2.22. The summed E-state index contributed by atoms with van der Waals surface area (Å²) < 4.78 is 0.889. The smallest absolute Gasteiger partial charge is 0.0548 e. The van der Waals surface area contributed by atoms with Crippen molar-refractivity contribution in [2.75, 3.05) is 13.6 Å². The Morgan fingerprint density at radius 3 is 2.38 bits per heavy atom. The number of halogens is 3. The van der Waals surface area contributed by atoms with E-state index in [1.54, 1.807) is 0 Å². The average molecular weight is 388 g/mol. The van der Waals surface area contributed by atoms with Gasteiger partial charge in [0.05, 0.1) is 5.02 Å². The lowest BCUT2D eigenvalue weighted by molar-refractivity contribution is 0.242. The van der Waals surface area contributed by atoms with E-state index < -0.39 is 0 Å². The molecule has 1 unspecified atom stereocenters. The molecule has 0 amide bonds. The maximum Gasteiger partial charge on any atom is 0.0548 e. The summed E-state index contributed by atoms with van der Waals surface area (Å²) in [6, 6.07) is 13.9. The summed E-state index contributed by atoms with van der Waals surface area (Å²) in [5.41, 5.74) is 8.31. The lowest BCUT2D eigenvalue weighted by atomic mass is 10.0. The van der Waals surface area contributed by atoms with Crippen LogP contribution in [0.15, 0.2) is 46.9 Å². The van der Waals surface area contributed by atoms with Gasteiger partial charge in [0.2, 0.25) is 0 Å². The standard InChI is InChI=1S/C16H17BrCl2N2/c1-21(10-11-2-5-13(18)6-3-11)16(9-20)12-4-7-15(19)14(17)8-12/h2-8,16H,9-10,20H2,1H3. The average Bonchev–Trinajstić information content (AvgIpc) is 2.46. The highest BCUT2D eigenvalue weighted by molar-refractivity contribution is 9.10. The van der Waals surface area contributed by atoms with E-state index in [4.69, 9.17) is 28.9 Å². The molecule has 2 aromatic carbocycles. The minimum atomic E-state index is 0.134. The first kappa shape index (κ1) is 16.8. The molecule has 0 saturated heterocycles. The monoisotopic (exact) mass is 386 g/mol. The lowest BCUT2D eigenvalue weighted by Crippen LogP contribution is -2.30. The van der Waals surface area contributed by atoms with E-state index in [2.05, 4.69) is 27.9 Å². The lowest BCUT2D eigenvalue weighted by Gasteiger charge is -2.27. The van der Waals surface area contributed by atoms with Crippen molar-refractivity contribution >= 4 is 39.1 Å². The van der Waals surface area contributed by atoms with E-state index in [0.29, 0.717) is 11.6 Å². The second-order valence-electron chi connectivity index (χ2n) is 4.97. The first-order valence-corrected chi connectivity index (χ1v) is 8.16. The number of rotatable bonds is 5. The van der Waals surface area contributed by atoms with Crippen LogP contribution >= 0.6 is 39.1 Å². The molecule has 0 radical (unpaired) electrons. The molecule has 2 nitrogen and oxygen atoms in total. The largest absolute Gasteiger partial charge is 0.329 e. The van der Waals surface area contributed by atoms with Gasteiger partial charge >= 0.3 is 0 Å². The quantitative estimate of drug-likeness (QED) is 0.791. The summed E-state index contributed by atoms with van der Waals surface area (Å²) in [6.45, 7) is 1.34. The Morgan fingerprint density at radius 2 is 1.81 bits per heavy atom. The van der Waals surface area contributed by atoms with E-state index in [9.17, 15) is 0 Å². The molecule has 0 saturated carbocycles. The Bertz CT molecular complexity index is 602. The van der Waals surface area contributed by atoms with Gasteiger partial charge in [0.1, 0.15) is 0 Å². The van der Waals surface area contributed by atoms with Gasteiger partial charge in [-0.25, -0.2) is 0 Å². The first-order chi connectivity index (χ1) is 10.0. The third-order valence-electron chi connectivity index (χ3n) is 3.43. The third kappa shape index (κ3) is 4.44. The van der Waals surface area contributed by atoms with E-state index in [0.717, 1.165) is 21.6 Å². The van der Waals surface area contributed by atoms with E-state index in [-0.39, 0.29) is 6.04 Å². The summed E-state index contributed by atoms with van der Waals surface area (Å²) in [6.07, 6.45) is 0. The maximum absolute atomic E-state index is 6.05. The van der Waals surface area contributed by atoms with Crippen LogP contribution in [-0.4, -0.2) is 18.5 Å². The highest BCUT2D eigenvalue weighted by atomic mass is 79.9. The molecule has 0 aliphatic rings. The van der Waals surface area contributed by atoms with Crippen LogP contribution in [0, 0.1) is 0 Å². The molecule has 5 heteroatoms. The van der Waals surface area contributed by atoms with Gasteiger partial charge < -0.3 is 5.73 Å². The molecule has 0 spiro atoms. The molecular formula is C16H17BrCl2N2. The molecular weight excluding hydrogens is 371 g/mol. The van der Waals surface area contributed by atoms with E-state index >= 15 is 0 Å². The minimum absolute atomic E-state index is 0.134. The minimum Gasteiger partial charge on any atom is -0.329 e. The Kier molecular flexibility index (Phi) is 6.08. The van der Waals surface area contributed by atoms with Gasteiger partial charge in [-0.2, -0.15) is 0 Å². The van der Waals surface area contributed by atoms with Crippen LogP contribution in [0.1, 0.15) is 17.2 Å². The number of hydrogen-bond acceptors (Lipinski definition) is 2. The Morgan fingerprint density at radius 1 is 1.14 bits per heavy atom. The number of benzene rings is 2. The van der Waals surface area contributed by atoms with Crippen molar-refractivity contribution in [1.82, 2.24) is 4.90 Å². The van der Waals surface area contributed by atoms with Gasteiger partial charge in [-0.15, -0.1) is 0 Å². The summed E-state index contributed by atoms with van der Waals surface area (Å²) in [5, 5.41) is 1.45. The van der Waals surface area contributed by atoms with Crippen LogP contribution in [0.25, 0.3) is 0 Å². The number of nitrogens with zero attached hydrogens (tertiary/aromatic N) is 1. The highest BCUT2D eigenvalue weighted by Crippen LogP contribution is 2.28. The molecule has 112 valence electrons. The molecule has 0 aliphatic heterocycles. The molecule has 0 bridgehead atoms. The Labute approximate surface area is 144 Å². The number of likely N-dealkylation sites (N-methyl/N-ethyl adjacent to an activating group) is 1. The summed E-state index contributed by atoms with van der Waals surface area (Å²) >= 11 is 15.4. The molecule has 21 heavy (non-hydrogen) atoms. The zero-order chi connectivity index (χ0) is 15.4. The number of nitrogens with two attached hydrogens (primary N) is 1. The molecule has 0 aromatic heterocycles. The topological polar surface area (TPSA) is 29.3 Å². The number of hydrogen-bond donors (Lipinski definition) is 1. The van der Waals surface area contributed by atoms with Crippen LogP contribution in [0.4, 0.5) is 0 Å². The second kappa shape index (κ2) is 7.61. The van der Waals surface area contributed by atoms with Crippen molar-refractivity contribution in [3.8, 4) is 0 Å². The zero-order valence-corrected chi connectivity index (χ0v) is 14.8. The molecule has 0 aliphatic carbocycles. The Balaban J connectivity index is 2.15. The SMILES string of the molecule is CN(Cc1ccc(Cl)cc1)C(CN)c1ccc(Cl)c(Br)c1. The van der Waals surface area contributed by atoms with Crippen molar-refractivity contribution in [1.29, 1.82) is 0 Å². The van der Waals surface area contributed by atoms with E-state index in [1.165, 1.54) is 5.56 Å². The fourth-order valence-electron chi connectivity index (χ4n) is 2.28. The van der Waals surface area contributed by atoms with Gasteiger partial charge in [0.15, 0.2) is 0 Å². The zero-order valence-electron chi connectivity index (χ0n) is 11.7. The first-order valence-electron chi connectivity index (χ1n) is 6.61. The highest BCUT2D eigenvalue weighted by Gasteiger charge is 2.16. The van der Waals surface area contributed by atoms with Crippen LogP contribution < -0.4 is 5.73 Å². The van der Waals surface area contributed by atoms with Crippen LogP contribution in [0.2, 0.25) is 10.0 Å². The van der Waals surface area contributed by atoms with Crippen LogP contribution in [0.3, 0.4) is 0 Å². The maximum atomic E-state index is 6.05. The predicted octanol–water partition coefficient (Wildman–Crippen LogP) is 4.89. The fraction of sp³-hybridized carbons (Fsp3) is 0.250. The predicted molar refractivity (Wildman–Crippen MR) is 93.9 cm³/mol. The van der Waals surface area contributed by atoms with Gasteiger partial charge in [-0.1, -0.05) is 41.4 Å².